The van der Waals surface area contributed by atoms with Gasteiger partial charge in [-0.3, -0.25) is 0 Å². The summed E-state index contributed by atoms with van der Waals surface area (Å²) < 4.78 is 223. The maximum atomic E-state index is 9.81. The quantitative estimate of drug-likeness (QED) is 0.174. The third kappa shape index (κ3) is 4.57. The highest BCUT2D eigenvalue weighted by Crippen LogP contribution is 2.39. The molecule has 0 radical (unpaired) electrons. The van der Waals surface area contributed by atoms with E-state index in [0.717, 1.165) is 4.57 Å². The van der Waals surface area contributed by atoms with Gasteiger partial charge in [-0.1, -0.05) is 133 Å². The van der Waals surface area contributed by atoms with E-state index in [-0.39, 0.29) is 33.1 Å². The molecule has 10 aromatic rings. The minimum Gasteiger partial charge on any atom is -0.309 e. The van der Waals surface area contributed by atoms with E-state index in [2.05, 4.69) is 0 Å². The standard InChI is InChI=1S/C48H32N2/c1-3-12-33(13-4-1)35-22-26-39(27-23-35)49-45-20-9-7-18-41(45)43-31-37(24-28-47(43)49)38-25-29-48-44(32-38)42-19-8-10-21-46(42)50(48)40-17-11-16-36(30-40)34-14-5-2-6-15-34/h1-32H/i1D,2D,3D,4D,5D,6D,7D,9D,11D,12D,13D,14D,15D,16D,17D,18D,20D,22D,23D,24D,26D,27D,28D,30D,31D. The van der Waals surface area contributed by atoms with Crippen molar-refractivity contribution in [3.8, 4) is 44.8 Å². The number of fused-ring (bicyclic) bond motifs is 6. The van der Waals surface area contributed by atoms with Gasteiger partial charge in [-0.15, -0.1) is 0 Å². The van der Waals surface area contributed by atoms with E-state index in [4.69, 9.17) is 26.0 Å². The van der Waals surface area contributed by atoms with E-state index >= 15 is 0 Å². The van der Waals surface area contributed by atoms with E-state index in [1.165, 1.54) is 22.8 Å². The highest BCUT2D eigenvalue weighted by Gasteiger charge is 2.16. The zero-order valence-electron chi connectivity index (χ0n) is 50.4. The molecule has 0 saturated carbocycles. The summed E-state index contributed by atoms with van der Waals surface area (Å²) in [4.78, 5) is 0. The summed E-state index contributed by atoms with van der Waals surface area (Å²) in [6.07, 6.45) is 0. The van der Waals surface area contributed by atoms with E-state index < -0.39 is 190 Å². The third-order valence-corrected chi connectivity index (χ3v) is 8.29. The first-order valence-electron chi connectivity index (χ1n) is 27.7. The number of nitrogens with zero attached hydrogens (tertiary/aromatic N) is 2. The smallest absolute Gasteiger partial charge is 0.0651 e. The molecule has 0 N–H and O–H groups in total. The van der Waals surface area contributed by atoms with Gasteiger partial charge >= 0.3 is 0 Å². The average Bonchev–Trinajstić information content (AvgIpc) is 3.91. The predicted molar refractivity (Wildman–Crippen MR) is 211 cm³/mol. The van der Waals surface area contributed by atoms with Crippen molar-refractivity contribution in [3.63, 3.8) is 0 Å². The second kappa shape index (κ2) is 11.5. The Kier molecular flexibility index (Phi) is 2.99. The zero-order chi connectivity index (χ0) is 54.8. The lowest BCUT2D eigenvalue weighted by atomic mass is 10.0. The van der Waals surface area contributed by atoms with Crippen LogP contribution in [0.25, 0.3) is 88.4 Å². The molecule has 0 aliphatic carbocycles. The Morgan fingerprint density at radius 1 is 0.320 bits per heavy atom. The van der Waals surface area contributed by atoms with Crippen molar-refractivity contribution >= 4 is 43.6 Å². The summed E-state index contributed by atoms with van der Waals surface area (Å²) in [5.41, 5.74) is -3.83. The van der Waals surface area contributed by atoms with Gasteiger partial charge < -0.3 is 9.13 Å². The fraction of sp³-hybridized carbons (Fsp3) is 0. The first-order chi connectivity index (χ1) is 35.2. The molecule has 0 amide bonds. The molecule has 2 nitrogen and oxygen atoms in total. The highest BCUT2D eigenvalue weighted by molar-refractivity contribution is 6.12. The molecule has 50 heavy (non-hydrogen) atoms. The lowest BCUT2D eigenvalue weighted by Crippen LogP contribution is -1.94. The maximum Gasteiger partial charge on any atom is 0.0651 e. The van der Waals surface area contributed by atoms with Crippen LogP contribution in [0.15, 0.2) is 194 Å². The molecular formula is C48H32N2. The topological polar surface area (TPSA) is 9.86 Å². The van der Waals surface area contributed by atoms with Crippen molar-refractivity contribution in [2.24, 2.45) is 0 Å². The Morgan fingerprint density at radius 3 is 1.74 bits per heavy atom. The zero-order valence-corrected chi connectivity index (χ0v) is 25.4. The lowest BCUT2D eigenvalue weighted by molar-refractivity contribution is 1.18. The van der Waals surface area contributed by atoms with E-state index in [0.29, 0.717) is 16.3 Å². The molecule has 2 heteroatoms. The van der Waals surface area contributed by atoms with Gasteiger partial charge in [-0.25, -0.2) is 0 Å². The van der Waals surface area contributed by atoms with Crippen molar-refractivity contribution in [1.29, 1.82) is 0 Å². The van der Waals surface area contributed by atoms with E-state index in [1.54, 1.807) is 24.3 Å². The van der Waals surface area contributed by atoms with Crippen LogP contribution in [-0.4, -0.2) is 9.13 Å². The molecule has 0 unspecified atom stereocenters. The van der Waals surface area contributed by atoms with Gasteiger partial charge in [0.15, 0.2) is 0 Å². The van der Waals surface area contributed by atoms with Gasteiger partial charge in [0.1, 0.15) is 0 Å². The molecule has 8 aromatic carbocycles. The van der Waals surface area contributed by atoms with Crippen LogP contribution in [0, 0.1) is 0 Å². The first-order valence-corrected chi connectivity index (χ1v) is 15.2. The molecular weight excluding hydrogens is 605 g/mol. The number of para-hydroxylation sites is 2. The van der Waals surface area contributed by atoms with Gasteiger partial charge in [0, 0.05) is 32.9 Å². The fourth-order valence-corrected chi connectivity index (χ4v) is 6.12. The van der Waals surface area contributed by atoms with E-state index in [1.807, 2.05) is 0 Å². The molecule has 10 rings (SSSR count). The van der Waals surface area contributed by atoms with Crippen LogP contribution in [0.2, 0.25) is 0 Å². The first kappa shape index (κ1) is 13.0. The number of benzene rings is 8. The number of rotatable bonds is 5. The lowest BCUT2D eigenvalue weighted by Gasteiger charge is -2.11. The van der Waals surface area contributed by atoms with Crippen LogP contribution in [0.4, 0.5) is 0 Å². The molecule has 0 spiro atoms. The van der Waals surface area contributed by atoms with Crippen LogP contribution in [-0.2, 0) is 0 Å². The molecule has 0 aliphatic rings. The largest absolute Gasteiger partial charge is 0.309 e. The van der Waals surface area contributed by atoms with Crippen molar-refractivity contribution in [2.45, 2.75) is 0 Å². The molecule has 2 aromatic heterocycles. The number of aromatic nitrogens is 2. The van der Waals surface area contributed by atoms with Crippen LogP contribution in [0.5, 0.6) is 0 Å². The Balaban J connectivity index is 1.27. The van der Waals surface area contributed by atoms with Crippen molar-refractivity contribution in [3.05, 3.63) is 194 Å². The van der Waals surface area contributed by atoms with Crippen molar-refractivity contribution in [2.75, 3.05) is 0 Å². The van der Waals surface area contributed by atoms with Crippen LogP contribution < -0.4 is 0 Å². The van der Waals surface area contributed by atoms with Gasteiger partial charge in [0.2, 0.25) is 0 Å². The molecule has 2 heterocycles. The Morgan fingerprint density at radius 2 is 0.920 bits per heavy atom. The Labute approximate surface area is 325 Å². The highest BCUT2D eigenvalue weighted by atomic mass is 15.0. The molecule has 0 atom stereocenters. The molecule has 0 aliphatic heterocycles. The maximum absolute atomic E-state index is 9.81. The van der Waals surface area contributed by atoms with Gasteiger partial charge in [0.05, 0.1) is 56.3 Å². The molecule has 0 bridgehead atoms. The minimum absolute atomic E-state index is 0.101. The summed E-state index contributed by atoms with van der Waals surface area (Å²) in [6.45, 7) is 0. The monoisotopic (exact) mass is 661 g/mol. The average molecular weight is 662 g/mol. The fourth-order valence-electron chi connectivity index (χ4n) is 6.12. The minimum atomic E-state index is -0.922. The van der Waals surface area contributed by atoms with Crippen LogP contribution in [0.3, 0.4) is 0 Å². The Hall–Kier alpha value is -6.64. The molecule has 0 saturated heterocycles. The summed E-state index contributed by atoms with van der Waals surface area (Å²) in [5, 5.41) is 0.0685. The summed E-state index contributed by atoms with van der Waals surface area (Å²) >= 11 is 0. The Bertz CT molecular complexity index is 4220. The summed E-state index contributed by atoms with van der Waals surface area (Å²) in [5.74, 6) is 0. The summed E-state index contributed by atoms with van der Waals surface area (Å²) in [7, 11) is 0. The van der Waals surface area contributed by atoms with Gasteiger partial charge in [-0.2, -0.15) is 0 Å². The SMILES string of the molecule is [2H]c1c([2H])c([2H])c(-c2c([2H])c([2H])c(-n3c4c([2H])c([2H])c([2H])c([2H])c4c4c([2H])c(-c5ccc6c(c5)c5ccccc5n6-c5c([2H])c([2H])c([2H])c(-c6c([2H])c([2H])c([2H])c([2H])c6[2H])c5[2H])c([2H])c([2H])c43)c([2H])c2[2H])c([2H])c1[2H]. The normalized spacial score (nSPS) is 18.6. The third-order valence-electron chi connectivity index (χ3n) is 8.29. The van der Waals surface area contributed by atoms with Gasteiger partial charge in [0.25, 0.3) is 0 Å². The second-order valence-electron chi connectivity index (χ2n) is 11.1. The number of hydrogen-bond donors (Lipinski definition) is 0. The second-order valence-corrected chi connectivity index (χ2v) is 11.1. The predicted octanol–water partition coefficient (Wildman–Crippen LogP) is 12.9. The molecule has 234 valence electrons. The summed E-state index contributed by atoms with van der Waals surface area (Å²) in [6, 6.07) is -7.98. The van der Waals surface area contributed by atoms with Crippen LogP contribution in [0.1, 0.15) is 34.3 Å². The van der Waals surface area contributed by atoms with E-state index in [9.17, 15) is 8.22 Å². The molecule has 0 fully saturated rings. The van der Waals surface area contributed by atoms with Gasteiger partial charge in [-0.05, 0) is 93.9 Å². The number of hydrogen-bond acceptors (Lipinski definition) is 0. The van der Waals surface area contributed by atoms with Crippen molar-refractivity contribution < 1.29 is 34.3 Å². The van der Waals surface area contributed by atoms with Crippen molar-refractivity contribution in [1.82, 2.24) is 9.13 Å². The van der Waals surface area contributed by atoms with Crippen LogP contribution >= 0.6 is 0 Å².